The second-order valence-corrected chi connectivity index (χ2v) is 7.47. The van der Waals surface area contributed by atoms with Gasteiger partial charge in [-0.3, -0.25) is 4.79 Å². The molecule has 1 amide bonds. The maximum atomic E-state index is 11.0. The minimum Gasteiger partial charge on any atom is -0.491 e. The van der Waals surface area contributed by atoms with Gasteiger partial charge in [-0.2, -0.15) is 0 Å². The highest BCUT2D eigenvalue weighted by atomic mass is 32.2. The van der Waals surface area contributed by atoms with Crippen LogP contribution in [0.1, 0.15) is 6.92 Å². The van der Waals surface area contributed by atoms with Crippen LogP contribution in [0.25, 0.3) is 11.1 Å². The van der Waals surface area contributed by atoms with Crippen molar-refractivity contribution in [2.45, 2.75) is 17.9 Å². The Morgan fingerprint density at radius 1 is 0.964 bits per heavy atom. The maximum absolute atomic E-state index is 11.0. The number of ether oxygens (including phenoxy) is 1. The third kappa shape index (κ3) is 6.15. The van der Waals surface area contributed by atoms with Crippen LogP contribution in [0.2, 0.25) is 0 Å². The van der Waals surface area contributed by atoms with Crippen LogP contribution in [0.4, 0.5) is 5.69 Å². The van der Waals surface area contributed by atoms with Crippen LogP contribution >= 0.6 is 11.8 Å². The molecule has 1 atom stereocenters. The fourth-order valence-corrected chi connectivity index (χ4v) is 3.45. The zero-order valence-corrected chi connectivity index (χ0v) is 16.5. The predicted molar refractivity (Wildman–Crippen MR) is 115 cm³/mol. The quantitative estimate of drug-likeness (QED) is 0.538. The van der Waals surface area contributed by atoms with E-state index in [2.05, 4.69) is 17.4 Å². The molecule has 1 unspecified atom stereocenters. The van der Waals surface area contributed by atoms with E-state index in [1.165, 1.54) is 6.92 Å². The second kappa shape index (κ2) is 9.97. The molecule has 0 aliphatic carbocycles. The maximum Gasteiger partial charge on any atom is 0.221 e. The average molecular weight is 394 g/mol. The SMILES string of the molecule is CC(=O)Nc1ccc(SCC(O)COc2ccc(-c3ccccc3)cc2)cc1. The predicted octanol–water partition coefficient (Wildman–Crippen LogP) is 4.84. The summed E-state index contributed by atoms with van der Waals surface area (Å²) in [5, 5.41) is 12.9. The molecule has 0 radical (unpaired) electrons. The van der Waals surface area contributed by atoms with Crippen molar-refractivity contribution >= 4 is 23.4 Å². The van der Waals surface area contributed by atoms with Crippen molar-refractivity contribution in [1.82, 2.24) is 0 Å². The van der Waals surface area contributed by atoms with Gasteiger partial charge in [0.05, 0.1) is 6.10 Å². The number of hydrogen-bond acceptors (Lipinski definition) is 4. The number of aliphatic hydroxyl groups is 1. The van der Waals surface area contributed by atoms with Crippen molar-refractivity contribution in [3.8, 4) is 16.9 Å². The lowest BCUT2D eigenvalue weighted by atomic mass is 10.1. The molecule has 2 N–H and O–H groups in total. The highest BCUT2D eigenvalue weighted by molar-refractivity contribution is 7.99. The van der Waals surface area contributed by atoms with Gasteiger partial charge in [0.15, 0.2) is 0 Å². The van der Waals surface area contributed by atoms with E-state index in [9.17, 15) is 9.90 Å². The second-order valence-electron chi connectivity index (χ2n) is 6.37. The van der Waals surface area contributed by atoms with Crippen molar-refractivity contribution in [2.75, 3.05) is 17.7 Å². The van der Waals surface area contributed by atoms with Crippen LogP contribution in [0.5, 0.6) is 5.75 Å². The van der Waals surface area contributed by atoms with E-state index >= 15 is 0 Å². The number of hydrogen-bond donors (Lipinski definition) is 2. The van der Waals surface area contributed by atoms with E-state index in [-0.39, 0.29) is 12.5 Å². The van der Waals surface area contributed by atoms with Crippen molar-refractivity contribution in [1.29, 1.82) is 0 Å². The molecule has 0 aliphatic rings. The standard InChI is InChI=1S/C23H23NO3S/c1-17(25)24-20-9-13-23(14-10-20)28-16-21(26)15-27-22-11-7-19(8-12-22)18-5-3-2-4-6-18/h2-14,21,26H,15-16H2,1H3,(H,24,25). The summed E-state index contributed by atoms with van der Waals surface area (Å²) in [6, 6.07) is 25.6. The van der Waals surface area contributed by atoms with Gasteiger partial charge in [-0.15, -0.1) is 11.8 Å². The molecule has 28 heavy (non-hydrogen) atoms. The van der Waals surface area contributed by atoms with Gasteiger partial charge in [-0.25, -0.2) is 0 Å². The summed E-state index contributed by atoms with van der Waals surface area (Å²) in [5.74, 6) is 1.18. The Kier molecular flexibility index (Phi) is 7.12. The van der Waals surface area contributed by atoms with Crippen LogP contribution in [-0.2, 0) is 4.79 Å². The zero-order valence-electron chi connectivity index (χ0n) is 15.7. The van der Waals surface area contributed by atoms with Gasteiger partial charge in [-0.05, 0) is 47.5 Å². The first-order valence-corrected chi connectivity index (χ1v) is 10.1. The Morgan fingerprint density at radius 2 is 1.61 bits per heavy atom. The van der Waals surface area contributed by atoms with Crippen molar-refractivity contribution in [3.05, 3.63) is 78.9 Å². The largest absolute Gasteiger partial charge is 0.491 e. The number of carbonyl (C=O) groups is 1. The van der Waals surface area contributed by atoms with E-state index < -0.39 is 6.10 Å². The summed E-state index contributed by atoms with van der Waals surface area (Å²) in [6.45, 7) is 1.72. The Bertz CT molecular complexity index is 880. The molecule has 5 heteroatoms. The van der Waals surface area contributed by atoms with Gasteiger partial charge in [0.2, 0.25) is 5.91 Å². The number of aliphatic hydroxyl groups excluding tert-OH is 1. The van der Waals surface area contributed by atoms with Crippen LogP contribution in [0.3, 0.4) is 0 Å². The Labute approximate surface area is 169 Å². The molecule has 0 aliphatic heterocycles. The first-order chi connectivity index (χ1) is 13.6. The van der Waals surface area contributed by atoms with Gasteiger partial charge < -0.3 is 15.2 Å². The lowest BCUT2D eigenvalue weighted by Crippen LogP contribution is -2.20. The summed E-state index contributed by atoms with van der Waals surface area (Å²) >= 11 is 1.55. The van der Waals surface area contributed by atoms with E-state index in [0.29, 0.717) is 5.75 Å². The van der Waals surface area contributed by atoms with Crippen LogP contribution in [-0.4, -0.2) is 29.5 Å². The third-order valence-corrected chi connectivity index (χ3v) is 5.18. The van der Waals surface area contributed by atoms with Gasteiger partial charge in [0.1, 0.15) is 12.4 Å². The Balaban J connectivity index is 1.44. The molecule has 0 aromatic heterocycles. The Morgan fingerprint density at radius 3 is 2.25 bits per heavy atom. The molecular weight excluding hydrogens is 370 g/mol. The molecule has 3 rings (SSSR count). The molecule has 3 aromatic carbocycles. The van der Waals surface area contributed by atoms with E-state index in [1.807, 2.05) is 66.7 Å². The zero-order chi connectivity index (χ0) is 19.8. The van der Waals surface area contributed by atoms with E-state index in [4.69, 9.17) is 4.74 Å². The minimum atomic E-state index is -0.575. The number of carbonyl (C=O) groups excluding carboxylic acids is 1. The summed E-state index contributed by atoms with van der Waals surface area (Å²) in [5.41, 5.74) is 3.06. The molecule has 0 fully saturated rings. The highest BCUT2D eigenvalue weighted by Gasteiger charge is 2.07. The molecule has 0 bridgehead atoms. The number of amides is 1. The minimum absolute atomic E-state index is 0.0928. The third-order valence-electron chi connectivity index (χ3n) is 4.02. The number of anilines is 1. The lowest BCUT2D eigenvalue weighted by molar-refractivity contribution is -0.114. The fourth-order valence-electron chi connectivity index (χ4n) is 2.64. The first kappa shape index (κ1) is 20.0. The molecular formula is C23H23NO3S. The molecule has 4 nitrogen and oxygen atoms in total. The Hall–Kier alpha value is -2.76. The highest BCUT2D eigenvalue weighted by Crippen LogP contribution is 2.23. The van der Waals surface area contributed by atoms with E-state index in [1.54, 1.807) is 11.8 Å². The van der Waals surface area contributed by atoms with Crippen molar-refractivity contribution in [3.63, 3.8) is 0 Å². The monoisotopic (exact) mass is 393 g/mol. The lowest BCUT2D eigenvalue weighted by Gasteiger charge is -2.13. The smallest absolute Gasteiger partial charge is 0.221 e. The van der Waals surface area contributed by atoms with Gasteiger partial charge in [-0.1, -0.05) is 42.5 Å². The van der Waals surface area contributed by atoms with Crippen LogP contribution in [0, 0.1) is 0 Å². The molecule has 0 saturated heterocycles. The number of nitrogens with one attached hydrogen (secondary N) is 1. The summed E-state index contributed by atoms with van der Waals surface area (Å²) < 4.78 is 5.70. The molecule has 3 aromatic rings. The van der Waals surface area contributed by atoms with E-state index in [0.717, 1.165) is 27.5 Å². The normalized spacial score (nSPS) is 11.6. The van der Waals surface area contributed by atoms with Crippen LogP contribution in [0.15, 0.2) is 83.8 Å². The van der Waals surface area contributed by atoms with Crippen LogP contribution < -0.4 is 10.1 Å². The molecule has 144 valence electrons. The van der Waals surface area contributed by atoms with Gasteiger partial charge in [0.25, 0.3) is 0 Å². The first-order valence-electron chi connectivity index (χ1n) is 9.07. The molecule has 0 spiro atoms. The summed E-state index contributed by atoms with van der Waals surface area (Å²) in [7, 11) is 0. The molecule has 0 heterocycles. The van der Waals surface area contributed by atoms with Gasteiger partial charge >= 0.3 is 0 Å². The number of thioether (sulfide) groups is 1. The van der Waals surface area contributed by atoms with Crippen molar-refractivity contribution < 1.29 is 14.6 Å². The van der Waals surface area contributed by atoms with Crippen molar-refractivity contribution in [2.24, 2.45) is 0 Å². The average Bonchev–Trinajstić information content (AvgIpc) is 2.72. The number of rotatable bonds is 8. The number of benzene rings is 3. The summed E-state index contributed by atoms with van der Waals surface area (Å²) in [4.78, 5) is 12.1. The summed E-state index contributed by atoms with van der Waals surface area (Å²) in [6.07, 6.45) is -0.575. The molecule has 0 saturated carbocycles. The van der Waals surface area contributed by atoms with Gasteiger partial charge in [0, 0.05) is 23.3 Å². The topological polar surface area (TPSA) is 58.6 Å². The fraction of sp³-hybridized carbons (Fsp3) is 0.174.